The van der Waals surface area contributed by atoms with E-state index in [9.17, 15) is 0 Å². The first-order valence-electron chi connectivity index (χ1n) is 5.18. The molecule has 0 spiro atoms. The van der Waals surface area contributed by atoms with Gasteiger partial charge in [-0.1, -0.05) is 6.92 Å². The zero-order valence-electron chi connectivity index (χ0n) is 9.01. The van der Waals surface area contributed by atoms with Gasteiger partial charge in [-0.05, 0) is 26.2 Å². The van der Waals surface area contributed by atoms with Crippen molar-refractivity contribution >= 4 is 0 Å². The highest BCUT2D eigenvalue weighted by molar-refractivity contribution is 4.68. The third-order valence-electron chi connectivity index (χ3n) is 2.98. The van der Waals surface area contributed by atoms with Crippen LogP contribution in [-0.4, -0.2) is 42.8 Å². The molecule has 0 amide bonds. The van der Waals surface area contributed by atoms with Crippen LogP contribution < -0.4 is 0 Å². The first-order chi connectivity index (χ1) is 5.58. The fraction of sp³-hybridized carbons (Fsp3) is 1.00. The molecule has 2 nitrogen and oxygen atoms in total. The standard InChI is InChI=1S/C10H23N2/c1-5-9-12(3,4)11-8-6-7-10(11)2/h10H,5-9H2,1-4H3/q+1. The predicted molar refractivity (Wildman–Crippen MR) is 52.7 cm³/mol. The molecule has 0 saturated carbocycles. The van der Waals surface area contributed by atoms with Gasteiger partial charge in [0.05, 0.1) is 26.7 Å². The van der Waals surface area contributed by atoms with E-state index in [-0.39, 0.29) is 0 Å². The molecular formula is C10H23N2+. The predicted octanol–water partition coefficient (Wildman–Crippen LogP) is 1.87. The lowest BCUT2D eigenvalue weighted by molar-refractivity contribution is -1.00. The molecular weight excluding hydrogens is 148 g/mol. The zero-order chi connectivity index (χ0) is 9.19. The van der Waals surface area contributed by atoms with Gasteiger partial charge < -0.3 is 0 Å². The van der Waals surface area contributed by atoms with Crippen LogP contribution in [0.3, 0.4) is 0 Å². The fourth-order valence-corrected chi connectivity index (χ4v) is 2.40. The molecule has 72 valence electrons. The summed E-state index contributed by atoms with van der Waals surface area (Å²) in [5, 5.41) is 2.61. The Morgan fingerprint density at radius 3 is 2.50 bits per heavy atom. The van der Waals surface area contributed by atoms with Crippen molar-refractivity contribution < 1.29 is 4.59 Å². The third kappa shape index (κ3) is 1.99. The van der Waals surface area contributed by atoms with E-state index in [1.807, 2.05) is 0 Å². The summed E-state index contributed by atoms with van der Waals surface area (Å²) in [4.78, 5) is 0. The molecule has 1 fully saturated rings. The van der Waals surface area contributed by atoms with Crippen LogP contribution in [0.5, 0.6) is 0 Å². The van der Waals surface area contributed by atoms with Gasteiger partial charge in [-0.15, -0.1) is 0 Å². The molecule has 1 unspecified atom stereocenters. The highest BCUT2D eigenvalue weighted by atomic mass is 15.7. The van der Waals surface area contributed by atoms with E-state index in [0.717, 1.165) is 10.6 Å². The van der Waals surface area contributed by atoms with E-state index < -0.39 is 0 Å². The summed E-state index contributed by atoms with van der Waals surface area (Å²) in [6.45, 7) is 7.17. The minimum absolute atomic E-state index is 0.784. The third-order valence-corrected chi connectivity index (χ3v) is 2.98. The van der Waals surface area contributed by atoms with Gasteiger partial charge in [0.1, 0.15) is 0 Å². The van der Waals surface area contributed by atoms with Gasteiger partial charge in [-0.25, -0.2) is 4.59 Å². The molecule has 1 aliphatic rings. The molecule has 1 rings (SSSR count). The van der Waals surface area contributed by atoms with Crippen molar-refractivity contribution in [2.45, 2.75) is 39.2 Å². The maximum atomic E-state index is 2.61. The van der Waals surface area contributed by atoms with Crippen molar-refractivity contribution in [3.8, 4) is 0 Å². The van der Waals surface area contributed by atoms with Gasteiger partial charge in [0.2, 0.25) is 0 Å². The second-order valence-electron chi connectivity index (χ2n) is 4.50. The maximum absolute atomic E-state index is 2.61. The van der Waals surface area contributed by atoms with Crippen LogP contribution >= 0.6 is 0 Å². The summed E-state index contributed by atoms with van der Waals surface area (Å²) in [6, 6.07) is 0.784. The summed E-state index contributed by atoms with van der Waals surface area (Å²) >= 11 is 0. The van der Waals surface area contributed by atoms with E-state index in [1.165, 1.54) is 32.4 Å². The summed E-state index contributed by atoms with van der Waals surface area (Å²) in [6.07, 6.45) is 4.04. The topological polar surface area (TPSA) is 3.24 Å². The van der Waals surface area contributed by atoms with Gasteiger partial charge in [-0.2, -0.15) is 5.01 Å². The van der Waals surface area contributed by atoms with Gasteiger partial charge in [0, 0.05) is 6.54 Å². The molecule has 1 heterocycles. The number of rotatable bonds is 3. The molecule has 12 heavy (non-hydrogen) atoms. The van der Waals surface area contributed by atoms with Crippen molar-refractivity contribution in [3.63, 3.8) is 0 Å². The Hall–Kier alpha value is -0.0800. The highest BCUT2D eigenvalue weighted by Gasteiger charge is 2.33. The second-order valence-corrected chi connectivity index (χ2v) is 4.50. The quantitative estimate of drug-likeness (QED) is 0.586. The number of hydrogen-bond acceptors (Lipinski definition) is 1. The molecule has 0 N–H and O–H groups in total. The lowest BCUT2D eigenvalue weighted by Crippen LogP contribution is -2.56. The lowest BCUT2D eigenvalue weighted by atomic mass is 10.2. The van der Waals surface area contributed by atoms with E-state index >= 15 is 0 Å². The van der Waals surface area contributed by atoms with Crippen LogP contribution in [0.25, 0.3) is 0 Å². The number of nitrogens with zero attached hydrogens (tertiary/aromatic N) is 2. The van der Waals surface area contributed by atoms with E-state index in [1.54, 1.807) is 0 Å². The molecule has 1 atom stereocenters. The Balaban J connectivity index is 2.54. The second kappa shape index (κ2) is 3.75. The SMILES string of the molecule is CCC[N+](C)(C)N1CCCC1C. The Morgan fingerprint density at radius 1 is 1.42 bits per heavy atom. The Kier molecular flexibility index (Phi) is 3.13. The number of quaternary nitrogens is 1. The summed E-state index contributed by atoms with van der Waals surface area (Å²) in [5.41, 5.74) is 0. The average Bonchev–Trinajstić information content (AvgIpc) is 2.35. The first-order valence-corrected chi connectivity index (χ1v) is 5.18. The fourth-order valence-electron chi connectivity index (χ4n) is 2.40. The summed E-state index contributed by atoms with van der Waals surface area (Å²) < 4.78 is 1.08. The molecule has 0 aromatic heterocycles. The smallest absolute Gasteiger partial charge is 0.0957 e. The minimum Gasteiger partial charge on any atom is -0.248 e. The molecule has 2 heteroatoms. The van der Waals surface area contributed by atoms with Gasteiger partial charge in [0.25, 0.3) is 0 Å². The van der Waals surface area contributed by atoms with Crippen LogP contribution in [0.1, 0.15) is 33.1 Å². The van der Waals surface area contributed by atoms with Crippen LogP contribution in [0, 0.1) is 0 Å². The summed E-state index contributed by atoms with van der Waals surface area (Å²) in [5.74, 6) is 0. The van der Waals surface area contributed by atoms with Gasteiger partial charge in [-0.3, -0.25) is 0 Å². The van der Waals surface area contributed by atoms with Crippen molar-refractivity contribution in [3.05, 3.63) is 0 Å². The van der Waals surface area contributed by atoms with Crippen molar-refractivity contribution in [1.82, 2.24) is 5.01 Å². The van der Waals surface area contributed by atoms with Crippen molar-refractivity contribution in [2.75, 3.05) is 27.2 Å². The monoisotopic (exact) mass is 171 g/mol. The van der Waals surface area contributed by atoms with Crippen LogP contribution in [-0.2, 0) is 0 Å². The largest absolute Gasteiger partial charge is 0.248 e. The van der Waals surface area contributed by atoms with E-state index in [4.69, 9.17) is 0 Å². The van der Waals surface area contributed by atoms with Gasteiger partial charge in [0.15, 0.2) is 0 Å². The molecule has 0 aliphatic carbocycles. The Bertz CT molecular complexity index is 143. The molecule has 0 aromatic rings. The van der Waals surface area contributed by atoms with Crippen LogP contribution in [0.2, 0.25) is 0 Å². The molecule has 0 aromatic carbocycles. The van der Waals surface area contributed by atoms with E-state index in [2.05, 4.69) is 33.0 Å². The van der Waals surface area contributed by atoms with Crippen LogP contribution in [0.15, 0.2) is 0 Å². The summed E-state index contributed by atoms with van der Waals surface area (Å²) in [7, 11) is 4.65. The molecule has 0 bridgehead atoms. The van der Waals surface area contributed by atoms with E-state index in [0.29, 0.717) is 0 Å². The Morgan fingerprint density at radius 2 is 2.08 bits per heavy atom. The molecule has 0 radical (unpaired) electrons. The number of hydrogen-bond donors (Lipinski definition) is 0. The Labute approximate surface area is 76.7 Å². The molecule has 1 saturated heterocycles. The molecule has 1 aliphatic heterocycles. The maximum Gasteiger partial charge on any atom is 0.0957 e. The average molecular weight is 171 g/mol. The first kappa shape index (κ1) is 10.0. The lowest BCUT2D eigenvalue weighted by Gasteiger charge is -2.39. The minimum atomic E-state index is 0.784. The van der Waals surface area contributed by atoms with Crippen molar-refractivity contribution in [1.29, 1.82) is 0 Å². The van der Waals surface area contributed by atoms with Gasteiger partial charge >= 0.3 is 0 Å². The normalized spacial score (nSPS) is 26.5. The highest BCUT2D eigenvalue weighted by Crippen LogP contribution is 2.22. The van der Waals surface area contributed by atoms with Crippen molar-refractivity contribution in [2.24, 2.45) is 0 Å². The zero-order valence-corrected chi connectivity index (χ0v) is 9.01. The van der Waals surface area contributed by atoms with Crippen LogP contribution in [0.4, 0.5) is 0 Å².